The van der Waals surface area contributed by atoms with Gasteiger partial charge in [-0.2, -0.15) is 0 Å². The predicted molar refractivity (Wildman–Crippen MR) is 104 cm³/mol. The van der Waals surface area contributed by atoms with Crippen molar-refractivity contribution in [3.8, 4) is 0 Å². The fraction of sp³-hybridized carbons (Fsp3) is 0.0952. The van der Waals surface area contributed by atoms with E-state index >= 15 is 0 Å². The molecule has 1 amide bonds. The van der Waals surface area contributed by atoms with Gasteiger partial charge in [-0.25, -0.2) is 4.98 Å². The molecule has 138 valence electrons. The van der Waals surface area contributed by atoms with Crippen molar-refractivity contribution in [2.24, 2.45) is 0 Å². The van der Waals surface area contributed by atoms with Gasteiger partial charge < -0.3 is 14.2 Å². The van der Waals surface area contributed by atoms with Crippen LogP contribution in [0.5, 0.6) is 0 Å². The van der Waals surface area contributed by atoms with E-state index in [-0.39, 0.29) is 30.1 Å². The Hall–Kier alpha value is -3.87. The summed E-state index contributed by atoms with van der Waals surface area (Å²) in [4.78, 5) is 29.2. The Kier molecular flexibility index (Phi) is 3.72. The first-order valence-corrected chi connectivity index (χ1v) is 8.80. The average Bonchev–Trinajstić information content (AvgIpc) is 3.30. The summed E-state index contributed by atoms with van der Waals surface area (Å²) in [5, 5.41) is 4.51. The highest BCUT2D eigenvalue weighted by Gasteiger charge is 2.14. The maximum Gasteiger partial charge on any atom is 0.297 e. The van der Waals surface area contributed by atoms with Crippen LogP contribution in [0.25, 0.3) is 33.0 Å². The lowest BCUT2D eigenvalue weighted by atomic mass is 10.2. The molecule has 1 N–H and O–H groups in total. The molecule has 5 aromatic rings. The molecular formula is C21H15N3O4. The maximum atomic E-state index is 12.7. The van der Waals surface area contributed by atoms with Crippen LogP contribution in [0.1, 0.15) is 5.76 Å². The molecule has 0 saturated heterocycles. The highest BCUT2D eigenvalue weighted by Crippen LogP contribution is 2.24. The molecule has 7 heteroatoms. The van der Waals surface area contributed by atoms with E-state index in [1.165, 1.54) is 10.9 Å². The van der Waals surface area contributed by atoms with Gasteiger partial charge >= 0.3 is 0 Å². The van der Waals surface area contributed by atoms with Crippen LogP contribution in [0.15, 0.2) is 74.6 Å². The zero-order chi connectivity index (χ0) is 19.1. The molecule has 3 heterocycles. The Labute approximate surface area is 158 Å². The fourth-order valence-corrected chi connectivity index (χ4v) is 3.25. The molecule has 0 spiro atoms. The third kappa shape index (κ3) is 2.73. The number of nitrogens with one attached hydrogen (secondary N) is 1. The topological polar surface area (TPSA) is 90.3 Å². The zero-order valence-electron chi connectivity index (χ0n) is 14.7. The number of rotatable bonds is 4. The minimum atomic E-state index is -0.389. The third-order valence-electron chi connectivity index (χ3n) is 4.60. The van der Waals surface area contributed by atoms with Gasteiger partial charge in [0.2, 0.25) is 11.5 Å². The molecule has 0 aliphatic heterocycles. The lowest BCUT2D eigenvalue weighted by Gasteiger charge is -2.05. The molecule has 3 aromatic heterocycles. The Bertz CT molecular complexity index is 1360. The number of aromatic nitrogens is 2. The maximum absolute atomic E-state index is 12.7. The van der Waals surface area contributed by atoms with Crippen molar-refractivity contribution in [1.82, 2.24) is 14.9 Å². The Morgan fingerprint density at radius 3 is 2.68 bits per heavy atom. The lowest BCUT2D eigenvalue weighted by Crippen LogP contribution is -2.31. The summed E-state index contributed by atoms with van der Waals surface area (Å²) in [7, 11) is 0. The minimum absolute atomic E-state index is 0.147. The zero-order valence-corrected chi connectivity index (χ0v) is 14.7. The third-order valence-corrected chi connectivity index (χ3v) is 4.60. The molecule has 0 radical (unpaired) electrons. The normalized spacial score (nSPS) is 11.4. The van der Waals surface area contributed by atoms with E-state index in [0.717, 1.165) is 16.4 Å². The first-order valence-electron chi connectivity index (χ1n) is 8.80. The summed E-state index contributed by atoms with van der Waals surface area (Å²) in [6, 6.07) is 16.8. The average molecular weight is 373 g/mol. The molecule has 0 bridgehead atoms. The van der Waals surface area contributed by atoms with Crippen molar-refractivity contribution in [1.29, 1.82) is 0 Å². The minimum Gasteiger partial charge on any atom is -0.459 e. The second kappa shape index (κ2) is 6.38. The molecule has 0 aliphatic rings. The van der Waals surface area contributed by atoms with E-state index in [0.29, 0.717) is 16.9 Å². The lowest BCUT2D eigenvalue weighted by molar-refractivity contribution is -0.121. The van der Waals surface area contributed by atoms with Gasteiger partial charge in [0.05, 0.1) is 12.9 Å². The van der Waals surface area contributed by atoms with Crippen LogP contribution in [0.2, 0.25) is 0 Å². The molecule has 5 rings (SSSR count). The van der Waals surface area contributed by atoms with Gasteiger partial charge in [-0.1, -0.05) is 30.3 Å². The molecule has 7 nitrogen and oxygen atoms in total. The van der Waals surface area contributed by atoms with E-state index in [1.54, 1.807) is 6.07 Å². The monoisotopic (exact) mass is 373 g/mol. The van der Waals surface area contributed by atoms with Crippen LogP contribution >= 0.6 is 0 Å². The second-order valence-electron chi connectivity index (χ2n) is 6.48. The number of fused-ring (bicyclic) bond motifs is 4. The summed E-state index contributed by atoms with van der Waals surface area (Å²) in [5.41, 5.74) is 1.62. The van der Waals surface area contributed by atoms with Crippen LogP contribution in [-0.2, 0) is 17.9 Å². The van der Waals surface area contributed by atoms with Crippen molar-refractivity contribution in [2.45, 2.75) is 13.1 Å². The Morgan fingerprint density at radius 1 is 1.04 bits per heavy atom. The number of hydrogen-bond donors (Lipinski definition) is 1. The summed E-state index contributed by atoms with van der Waals surface area (Å²) in [6.07, 6.45) is 1.37. The fourth-order valence-electron chi connectivity index (χ4n) is 3.25. The standard InChI is InChI=1S/C21H15N3O4/c25-18(22-10-14-9-13-5-1-3-7-16(13)27-14)11-24-12-23-19-15-6-2-4-8-17(15)28-20(19)21(24)26/h1-9,12H,10-11H2,(H,22,25). The number of para-hydroxylation sites is 2. The molecule has 0 fully saturated rings. The first-order chi connectivity index (χ1) is 13.7. The van der Waals surface area contributed by atoms with Crippen LogP contribution in [0.3, 0.4) is 0 Å². The molecule has 2 aromatic carbocycles. The van der Waals surface area contributed by atoms with E-state index in [9.17, 15) is 9.59 Å². The SMILES string of the molecule is O=C(Cn1cnc2c(oc3ccccc32)c1=O)NCc1cc2ccccc2o1. The number of hydrogen-bond acceptors (Lipinski definition) is 5. The second-order valence-corrected chi connectivity index (χ2v) is 6.48. The van der Waals surface area contributed by atoms with Crippen LogP contribution < -0.4 is 10.9 Å². The van der Waals surface area contributed by atoms with Gasteiger partial charge in [-0.3, -0.25) is 14.2 Å². The van der Waals surface area contributed by atoms with Crippen molar-refractivity contribution in [3.05, 3.63) is 77.0 Å². The van der Waals surface area contributed by atoms with E-state index in [4.69, 9.17) is 8.83 Å². The van der Waals surface area contributed by atoms with Crippen LogP contribution in [-0.4, -0.2) is 15.5 Å². The summed E-state index contributed by atoms with van der Waals surface area (Å²) < 4.78 is 12.5. The summed E-state index contributed by atoms with van der Waals surface area (Å²) in [5.74, 6) is 0.326. The number of furan rings is 2. The highest BCUT2D eigenvalue weighted by molar-refractivity contribution is 6.01. The first kappa shape index (κ1) is 16.3. The molecule has 0 saturated carbocycles. The van der Waals surface area contributed by atoms with Gasteiger partial charge in [-0.15, -0.1) is 0 Å². The largest absolute Gasteiger partial charge is 0.459 e. The number of amides is 1. The number of nitrogens with zero attached hydrogens (tertiary/aromatic N) is 2. The molecule has 28 heavy (non-hydrogen) atoms. The number of carbonyl (C=O) groups excluding carboxylic acids is 1. The Balaban J connectivity index is 1.35. The number of carbonyl (C=O) groups is 1. The van der Waals surface area contributed by atoms with Gasteiger partial charge in [0, 0.05) is 10.8 Å². The molecule has 0 unspecified atom stereocenters. The Morgan fingerprint density at radius 2 is 1.82 bits per heavy atom. The van der Waals surface area contributed by atoms with Crippen LogP contribution in [0.4, 0.5) is 0 Å². The highest BCUT2D eigenvalue weighted by atomic mass is 16.3. The van der Waals surface area contributed by atoms with Gasteiger partial charge in [0.25, 0.3) is 5.56 Å². The predicted octanol–water partition coefficient (Wildman–Crippen LogP) is 3.21. The summed E-state index contributed by atoms with van der Waals surface area (Å²) in [6.45, 7) is 0.0849. The van der Waals surface area contributed by atoms with Crippen molar-refractivity contribution in [3.63, 3.8) is 0 Å². The van der Waals surface area contributed by atoms with Gasteiger partial charge in [-0.05, 0) is 24.3 Å². The molecule has 0 aliphatic carbocycles. The van der Waals surface area contributed by atoms with E-state index < -0.39 is 0 Å². The van der Waals surface area contributed by atoms with Crippen molar-refractivity contribution in [2.75, 3.05) is 0 Å². The van der Waals surface area contributed by atoms with Crippen molar-refractivity contribution < 1.29 is 13.6 Å². The van der Waals surface area contributed by atoms with Crippen LogP contribution in [0, 0.1) is 0 Å². The van der Waals surface area contributed by atoms with E-state index in [1.807, 2.05) is 48.5 Å². The number of benzene rings is 2. The van der Waals surface area contributed by atoms with E-state index in [2.05, 4.69) is 10.3 Å². The van der Waals surface area contributed by atoms with Gasteiger partial charge in [0.15, 0.2) is 0 Å². The van der Waals surface area contributed by atoms with Gasteiger partial charge in [0.1, 0.15) is 29.0 Å². The molecule has 0 atom stereocenters. The quantitative estimate of drug-likeness (QED) is 0.522. The smallest absolute Gasteiger partial charge is 0.297 e. The van der Waals surface area contributed by atoms with Crippen molar-refractivity contribution >= 4 is 38.9 Å². The summed E-state index contributed by atoms with van der Waals surface area (Å²) >= 11 is 0. The molecular weight excluding hydrogens is 358 g/mol.